The van der Waals surface area contributed by atoms with E-state index in [-0.39, 0.29) is 5.92 Å². The van der Waals surface area contributed by atoms with Gasteiger partial charge in [-0.25, -0.2) is 8.42 Å². The van der Waals surface area contributed by atoms with Crippen LogP contribution in [0.4, 0.5) is 0 Å². The summed E-state index contributed by atoms with van der Waals surface area (Å²) in [6.07, 6.45) is 6.73. The van der Waals surface area contributed by atoms with Gasteiger partial charge in [0.05, 0.1) is 6.26 Å². The third-order valence-corrected chi connectivity index (χ3v) is 3.92. The average Bonchev–Trinajstić information content (AvgIpc) is 2.23. The van der Waals surface area contributed by atoms with Crippen LogP contribution in [-0.4, -0.2) is 38.3 Å². The topological polar surface area (TPSA) is 75.4 Å². The highest BCUT2D eigenvalue weighted by molar-refractivity contribution is 7.88. The number of rotatable bonds is 5. The second kappa shape index (κ2) is 5.42. The maximum absolute atomic E-state index is 11.3. The van der Waals surface area contributed by atoms with Gasteiger partial charge in [-0.05, 0) is 26.0 Å². The smallest absolute Gasteiger partial charge is 0.210 e. The summed E-state index contributed by atoms with van der Waals surface area (Å²) in [5.74, 6) is -0.104. The summed E-state index contributed by atoms with van der Waals surface area (Å²) < 4.78 is 25.1. The lowest BCUT2D eigenvalue weighted by molar-refractivity contribution is 0.350. The van der Waals surface area contributed by atoms with E-state index in [0.29, 0.717) is 0 Å². The van der Waals surface area contributed by atoms with Gasteiger partial charge in [-0.3, -0.25) is 0 Å². The highest BCUT2D eigenvalue weighted by atomic mass is 32.2. The number of hydrogen-bond donors (Lipinski definition) is 2. The molecule has 0 aliphatic heterocycles. The van der Waals surface area contributed by atoms with Gasteiger partial charge in [0.15, 0.2) is 0 Å². The van der Waals surface area contributed by atoms with Crippen molar-refractivity contribution in [3.63, 3.8) is 0 Å². The minimum atomic E-state index is -3.33. The second-order valence-electron chi connectivity index (χ2n) is 4.69. The standard InChI is InChI=1S/C12H23N3O2S/c1-5-15(6-2)11-7-8-12(13,10(3)9-11)14-18(4,16)17/h7-10,14H,5-6,13H2,1-4H3. The van der Waals surface area contributed by atoms with Gasteiger partial charge in [0, 0.05) is 24.7 Å². The van der Waals surface area contributed by atoms with Crippen molar-refractivity contribution in [1.29, 1.82) is 0 Å². The molecule has 0 radical (unpaired) electrons. The zero-order valence-electron chi connectivity index (χ0n) is 11.5. The van der Waals surface area contributed by atoms with E-state index in [1.165, 1.54) is 0 Å². The molecule has 1 rings (SSSR count). The van der Waals surface area contributed by atoms with Gasteiger partial charge < -0.3 is 10.6 Å². The Morgan fingerprint density at radius 1 is 1.44 bits per heavy atom. The molecule has 0 spiro atoms. The van der Waals surface area contributed by atoms with Crippen molar-refractivity contribution in [2.75, 3.05) is 19.3 Å². The predicted octanol–water partition coefficient (Wildman–Crippen LogP) is 0.622. The summed E-state index contributed by atoms with van der Waals surface area (Å²) in [6, 6.07) is 0. The van der Waals surface area contributed by atoms with Crippen molar-refractivity contribution < 1.29 is 8.42 Å². The van der Waals surface area contributed by atoms with Crippen LogP contribution >= 0.6 is 0 Å². The van der Waals surface area contributed by atoms with E-state index in [1.54, 1.807) is 6.08 Å². The van der Waals surface area contributed by atoms with E-state index < -0.39 is 15.7 Å². The molecule has 18 heavy (non-hydrogen) atoms. The zero-order valence-corrected chi connectivity index (χ0v) is 12.3. The molecule has 2 atom stereocenters. The highest BCUT2D eigenvalue weighted by Crippen LogP contribution is 2.25. The Hall–Kier alpha value is -0.850. The van der Waals surface area contributed by atoms with Gasteiger partial charge in [-0.1, -0.05) is 13.0 Å². The van der Waals surface area contributed by atoms with Crippen molar-refractivity contribution in [3.8, 4) is 0 Å². The molecule has 2 unspecified atom stereocenters. The Morgan fingerprint density at radius 2 is 2.00 bits per heavy atom. The Labute approximate surface area is 110 Å². The van der Waals surface area contributed by atoms with Crippen LogP contribution < -0.4 is 10.5 Å². The van der Waals surface area contributed by atoms with Crippen molar-refractivity contribution >= 4 is 10.0 Å². The molecule has 0 amide bonds. The molecular weight excluding hydrogens is 250 g/mol. The molecule has 1 aliphatic carbocycles. The summed E-state index contributed by atoms with van der Waals surface area (Å²) in [5.41, 5.74) is 6.14. The second-order valence-corrected chi connectivity index (χ2v) is 6.44. The maximum atomic E-state index is 11.3. The van der Waals surface area contributed by atoms with E-state index in [2.05, 4.69) is 23.5 Å². The fourth-order valence-electron chi connectivity index (χ4n) is 2.07. The quantitative estimate of drug-likeness (QED) is 0.720. The van der Waals surface area contributed by atoms with Crippen molar-refractivity contribution in [1.82, 2.24) is 9.62 Å². The Morgan fingerprint density at radius 3 is 2.39 bits per heavy atom. The molecule has 0 saturated carbocycles. The number of nitrogens with two attached hydrogens (primary N) is 1. The van der Waals surface area contributed by atoms with E-state index in [0.717, 1.165) is 25.0 Å². The Balaban J connectivity index is 2.93. The molecule has 0 fully saturated rings. The van der Waals surface area contributed by atoms with Gasteiger partial charge in [-0.15, -0.1) is 0 Å². The fourth-order valence-corrected chi connectivity index (χ4v) is 2.97. The third kappa shape index (κ3) is 3.57. The molecule has 0 aromatic rings. The molecule has 0 bridgehead atoms. The van der Waals surface area contributed by atoms with E-state index in [9.17, 15) is 8.42 Å². The molecule has 3 N–H and O–H groups in total. The first-order valence-corrected chi connectivity index (χ1v) is 8.04. The molecule has 104 valence electrons. The van der Waals surface area contributed by atoms with Gasteiger partial charge in [0.25, 0.3) is 0 Å². The van der Waals surface area contributed by atoms with Gasteiger partial charge in [0.1, 0.15) is 5.66 Å². The molecule has 5 nitrogen and oxygen atoms in total. The molecule has 0 aromatic carbocycles. The minimum Gasteiger partial charge on any atom is -0.372 e. The third-order valence-electron chi connectivity index (χ3n) is 3.19. The van der Waals surface area contributed by atoms with E-state index in [4.69, 9.17) is 5.73 Å². The first-order chi connectivity index (χ1) is 8.22. The van der Waals surface area contributed by atoms with E-state index in [1.807, 2.05) is 19.1 Å². The molecule has 1 aliphatic rings. The molecule has 6 heteroatoms. The highest BCUT2D eigenvalue weighted by Gasteiger charge is 2.33. The SMILES string of the molecule is CCN(CC)C1=CC(C)C(N)(NS(C)(=O)=O)C=C1. The zero-order chi connectivity index (χ0) is 14.0. The molecule has 0 saturated heterocycles. The van der Waals surface area contributed by atoms with Crippen molar-refractivity contribution in [3.05, 3.63) is 23.9 Å². The largest absolute Gasteiger partial charge is 0.372 e. The number of nitrogens with zero attached hydrogens (tertiary/aromatic N) is 1. The van der Waals surface area contributed by atoms with Crippen LogP contribution in [0.25, 0.3) is 0 Å². The lowest BCUT2D eigenvalue weighted by atomic mass is 9.90. The van der Waals surface area contributed by atoms with Crippen LogP contribution in [0.5, 0.6) is 0 Å². The number of sulfonamides is 1. The molecule has 0 aromatic heterocycles. The normalized spacial score (nSPS) is 28.1. The number of likely N-dealkylation sites (N-methyl/N-ethyl adjacent to an activating group) is 1. The van der Waals surface area contributed by atoms with Crippen LogP contribution in [0.15, 0.2) is 23.9 Å². The van der Waals surface area contributed by atoms with Crippen LogP contribution in [-0.2, 0) is 10.0 Å². The van der Waals surface area contributed by atoms with Crippen LogP contribution in [0.2, 0.25) is 0 Å². The van der Waals surface area contributed by atoms with Gasteiger partial charge in [-0.2, -0.15) is 4.72 Å². The average molecular weight is 273 g/mol. The first-order valence-electron chi connectivity index (χ1n) is 6.15. The van der Waals surface area contributed by atoms with Gasteiger partial charge >= 0.3 is 0 Å². The predicted molar refractivity (Wildman–Crippen MR) is 74.2 cm³/mol. The van der Waals surface area contributed by atoms with E-state index >= 15 is 0 Å². The monoisotopic (exact) mass is 273 g/mol. The molecule has 0 heterocycles. The first kappa shape index (κ1) is 15.2. The summed E-state index contributed by atoms with van der Waals surface area (Å²) in [5, 5.41) is 0. The summed E-state index contributed by atoms with van der Waals surface area (Å²) in [7, 11) is -3.33. The van der Waals surface area contributed by atoms with Crippen molar-refractivity contribution in [2.24, 2.45) is 11.7 Å². The number of allylic oxidation sites excluding steroid dienone is 1. The summed E-state index contributed by atoms with van der Waals surface area (Å²) >= 11 is 0. The lowest BCUT2D eigenvalue weighted by Gasteiger charge is -2.36. The minimum absolute atomic E-state index is 0.104. The lowest BCUT2D eigenvalue weighted by Crippen LogP contribution is -2.59. The van der Waals surface area contributed by atoms with Crippen LogP contribution in [0.1, 0.15) is 20.8 Å². The Bertz CT molecular complexity index is 452. The maximum Gasteiger partial charge on any atom is 0.210 e. The fraction of sp³-hybridized carbons (Fsp3) is 0.667. The Kier molecular flexibility index (Phi) is 4.58. The summed E-state index contributed by atoms with van der Waals surface area (Å²) in [6.45, 7) is 7.90. The number of hydrogen-bond acceptors (Lipinski definition) is 4. The number of nitrogens with one attached hydrogen (secondary N) is 1. The van der Waals surface area contributed by atoms with Crippen LogP contribution in [0.3, 0.4) is 0 Å². The van der Waals surface area contributed by atoms with Crippen molar-refractivity contribution in [2.45, 2.75) is 26.4 Å². The molecular formula is C12H23N3O2S. The van der Waals surface area contributed by atoms with Gasteiger partial charge in [0.2, 0.25) is 10.0 Å². The summed E-state index contributed by atoms with van der Waals surface area (Å²) in [4.78, 5) is 2.20. The van der Waals surface area contributed by atoms with Crippen LogP contribution in [0, 0.1) is 5.92 Å².